The fourth-order valence-corrected chi connectivity index (χ4v) is 4.85. The van der Waals surface area contributed by atoms with Crippen molar-refractivity contribution in [2.75, 3.05) is 26.2 Å². The Hall–Kier alpha value is -0.400. The molecule has 6 heteroatoms. The highest BCUT2D eigenvalue weighted by Gasteiger charge is 2.27. The number of nitrogens with one attached hydrogen (secondary N) is 1. The van der Waals surface area contributed by atoms with Crippen LogP contribution >= 0.6 is 43.2 Å². The van der Waals surface area contributed by atoms with E-state index in [0.717, 1.165) is 40.7 Å². The molecule has 0 aliphatic carbocycles. The number of phenolic OH excluding ortho intramolecular Hbond substituents is 1. The van der Waals surface area contributed by atoms with Gasteiger partial charge in [0.25, 0.3) is 0 Å². The van der Waals surface area contributed by atoms with E-state index in [9.17, 15) is 5.11 Å². The molecule has 2 aromatic rings. The molecule has 0 spiro atoms. The summed E-state index contributed by atoms with van der Waals surface area (Å²) >= 11 is 8.72. The second-order valence-corrected chi connectivity index (χ2v) is 7.78. The highest BCUT2D eigenvalue weighted by molar-refractivity contribution is 9.11. The zero-order chi connectivity index (χ0) is 14.8. The van der Waals surface area contributed by atoms with E-state index in [1.807, 2.05) is 12.1 Å². The minimum atomic E-state index is 0.0981. The molecule has 2 heterocycles. The van der Waals surface area contributed by atoms with Crippen molar-refractivity contribution in [3.8, 4) is 5.75 Å². The van der Waals surface area contributed by atoms with Crippen molar-refractivity contribution in [1.82, 2.24) is 10.2 Å². The summed E-state index contributed by atoms with van der Waals surface area (Å²) < 4.78 is 1.70. The zero-order valence-electron chi connectivity index (χ0n) is 11.4. The van der Waals surface area contributed by atoms with Gasteiger partial charge in [-0.3, -0.25) is 4.90 Å². The molecule has 21 heavy (non-hydrogen) atoms. The first-order valence-corrected chi connectivity index (χ1v) is 9.29. The summed E-state index contributed by atoms with van der Waals surface area (Å²) in [6.07, 6.45) is 0. The Balaban J connectivity index is 2.07. The van der Waals surface area contributed by atoms with E-state index in [0.29, 0.717) is 5.75 Å². The first-order chi connectivity index (χ1) is 10.2. The van der Waals surface area contributed by atoms with Crippen molar-refractivity contribution < 1.29 is 5.11 Å². The number of phenols is 1. The van der Waals surface area contributed by atoms with Gasteiger partial charge in [-0.15, -0.1) is 11.3 Å². The molecule has 1 aromatic heterocycles. The molecule has 3 rings (SSSR count). The molecular formula is C15H16Br2N2OS. The molecule has 1 saturated heterocycles. The van der Waals surface area contributed by atoms with Crippen LogP contribution < -0.4 is 5.32 Å². The largest absolute Gasteiger partial charge is 0.506 e. The Morgan fingerprint density at radius 2 is 2.00 bits per heavy atom. The fourth-order valence-electron chi connectivity index (χ4n) is 2.71. The maximum absolute atomic E-state index is 10.5. The second kappa shape index (κ2) is 6.79. The van der Waals surface area contributed by atoms with Gasteiger partial charge in [0, 0.05) is 41.1 Å². The third kappa shape index (κ3) is 3.35. The summed E-state index contributed by atoms with van der Waals surface area (Å²) in [4.78, 5) is 3.69. The van der Waals surface area contributed by atoms with Gasteiger partial charge in [0.1, 0.15) is 5.75 Å². The van der Waals surface area contributed by atoms with Gasteiger partial charge >= 0.3 is 0 Å². The average Bonchev–Trinajstić information content (AvgIpc) is 2.99. The van der Waals surface area contributed by atoms with Gasteiger partial charge in [0.05, 0.1) is 10.5 Å². The van der Waals surface area contributed by atoms with E-state index in [4.69, 9.17) is 0 Å². The Kier molecular flexibility index (Phi) is 5.01. The lowest BCUT2D eigenvalue weighted by atomic mass is 10.0. The topological polar surface area (TPSA) is 35.5 Å². The summed E-state index contributed by atoms with van der Waals surface area (Å²) in [6.45, 7) is 3.92. The Bertz CT molecular complexity index is 612. The molecule has 0 radical (unpaired) electrons. The monoisotopic (exact) mass is 430 g/mol. The van der Waals surface area contributed by atoms with Gasteiger partial charge in [-0.05, 0) is 39.5 Å². The average molecular weight is 432 g/mol. The van der Waals surface area contributed by atoms with E-state index >= 15 is 0 Å². The molecule has 3 nitrogen and oxygen atoms in total. The first kappa shape index (κ1) is 15.5. The lowest BCUT2D eigenvalue weighted by Gasteiger charge is -2.35. The third-order valence-corrected chi connectivity index (χ3v) is 5.67. The number of piperazine rings is 1. The van der Waals surface area contributed by atoms with Gasteiger partial charge in [0.15, 0.2) is 0 Å². The highest BCUT2D eigenvalue weighted by Crippen LogP contribution is 2.41. The van der Waals surface area contributed by atoms with Gasteiger partial charge < -0.3 is 10.4 Å². The van der Waals surface area contributed by atoms with Crippen LogP contribution in [0.25, 0.3) is 0 Å². The van der Waals surface area contributed by atoms with Crippen molar-refractivity contribution in [2.45, 2.75) is 6.04 Å². The minimum Gasteiger partial charge on any atom is -0.506 e. The smallest absolute Gasteiger partial charge is 0.134 e. The molecule has 1 fully saturated rings. The first-order valence-electron chi connectivity index (χ1n) is 6.83. The van der Waals surface area contributed by atoms with Crippen molar-refractivity contribution in [2.24, 2.45) is 0 Å². The number of rotatable bonds is 3. The minimum absolute atomic E-state index is 0.0981. The zero-order valence-corrected chi connectivity index (χ0v) is 15.3. The van der Waals surface area contributed by atoms with Crippen LogP contribution in [0.3, 0.4) is 0 Å². The number of halogens is 2. The van der Waals surface area contributed by atoms with Gasteiger partial charge in [-0.2, -0.15) is 0 Å². The summed E-state index contributed by atoms with van der Waals surface area (Å²) in [7, 11) is 0. The summed E-state index contributed by atoms with van der Waals surface area (Å²) in [5, 5.41) is 16.0. The molecule has 0 bridgehead atoms. The number of hydrogen-bond acceptors (Lipinski definition) is 4. The predicted octanol–water partition coefficient (Wildman–Crippen LogP) is 3.97. The van der Waals surface area contributed by atoms with Crippen molar-refractivity contribution >= 4 is 43.2 Å². The molecule has 0 amide bonds. The van der Waals surface area contributed by atoms with E-state index < -0.39 is 0 Å². The third-order valence-electron chi connectivity index (χ3n) is 3.68. The van der Waals surface area contributed by atoms with Gasteiger partial charge in [-0.25, -0.2) is 0 Å². The molecule has 0 saturated carbocycles. The summed E-state index contributed by atoms with van der Waals surface area (Å²) in [5.74, 6) is 0.329. The lowest BCUT2D eigenvalue weighted by Crippen LogP contribution is -2.45. The van der Waals surface area contributed by atoms with Crippen molar-refractivity contribution in [3.63, 3.8) is 0 Å². The molecule has 112 valence electrons. The van der Waals surface area contributed by atoms with Crippen LogP contribution in [0.5, 0.6) is 5.75 Å². The number of nitrogens with zero attached hydrogens (tertiary/aromatic N) is 1. The quantitative estimate of drug-likeness (QED) is 0.771. The van der Waals surface area contributed by atoms with Crippen molar-refractivity contribution in [1.29, 1.82) is 0 Å². The normalized spacial score (nSPS) is 17.8. The molecule has 1 aliphatic heterocycles. The van der Waals surface area contributed by atoms with Crippen molar-refractivity contribution in [3.05, 3.63) is 49.0 Å². The Labute approximate surface area is 145 Å². The Morgan fingerprint density at radius 1 is 1.24 bits per heavy atom. The maximum atomic E-state index is 10.5. The lowest BCUT2D eigenvalue weighted by molar-refractivity contribution is 0.198. The second-order valence-electron chi connectivity index (χ2n) is 5.03. The number of hydrogen-bond donors (Lipinski definition) is 2. The Morgan fingerprint density at radius 3 is 2.67 bits per heavy atom. The molecule has 0 unspecified atom stereocenters. The number of benzene rings is 1. The van der Waals surface area contributed by atoms with E-state index in [2.05, 4.69) is 59.6 Å². The standard InChI is InChI=1S/C15H16Br2N2OS/c16-10-8-11(15(20)12(17)9-10)14(13-2-1-7-21-13)19-5-3-18-4-6-19/h1-2,7-9,14,18,20H,3-6H2/t14-/m0/s1. The molecule has 1 aliphatic rings. The highest BCUT2D eigenvalue weighted by atomic mass is 79.9. The van der Waals surface area contributed by atoms with Crippen LogP contribution in [0, 0.1) is 0 Å². The molecule has 1 aromatic carbocycles. The van der Waals surface area contributed by atoms with E-state index in [1.54, 1.807) is 11.3 Å². The van der Waals surface area contributed by atoms with E-state index in [1.165, 1.54) is 4.88 Å². The van der Waals surface area contributed by atoms with Gasteiger partial charge in [-0.1, -0.05) is 22.0 Å². The SMILES string of the molecule is Oc1c(Br)cc(Br)cc1[C@@H](c1cccs1)N1CCNCC1. The molecule has 2 N–H and O–H groups in total. The van der Waals surface area contributed by atoms with E-state index in [-0.39, 0.29) is 6.04 Å². The fraction of sp³-hybridized carbons (Fsp3) is 0.333. The summed E-state index contributed by atoms with van der Waals surface area (Å²) in [6, 6.07) is 8.21. The summed E-state index contributed by atoms with van der Waals surface area (Å²) in [5.41, 5.74) is 0.945. The molecule has 1 atom stereocenters. The van der Waals surface area contributed by atoms with Crippen LogP contribution in [-0.2, 0) is 0 Å². The predicted molar refractivity (Wildman–Crippen MR) is 94.1 cm³/mol. The van der Waals surface area contributed by atoms with Crippen LogP contribution in [0.2, 0.25) is 0 Å². The number of thiophene rings is 1. The van der Waals surface area contributed by atoms with Crippen LogP contribution in [0.15, 0.2) is 38.6 Å². The van der Waals surface area contributed by atoms with Gasteiger partial charge in [0.2, 0.25) is 0 Å². The molecular weight excluding hydrogens is 416 g/mol. The van der Waals surface area contributed by atoms with Crippen LogP contribution in [-0.4, -0.2) is 36.2 Å². The number of aromatic hydroxyl groups is 1. The maximum Gasteiger partial charge on any atom is 0.134 e. The van der Waals surface area contributed by atoms with Crippen LogP contribution in [0.1, 0.15) is 16.5 Å². The van der Waals surface area contributed by atoms with Crippen LogP contribution in [0.4, 0.5) is 0 Å².